The summed E-state index contributed by atoms with van der Waals surface area (Å²) in [5.41, 5.74) is 5.80. The van der Waals surface area contributed by atoms with Gasteiger partial charge >= 0.3 is 5.69 Å². The molecule has 0 aliphatic rings. The molecule has 3 aromatic rings. The summed E-state index contributed by atoms with van der Waals surface area (Å²) < 4.78 is 6.42. The molecule has 0 atom stereocenters. The van der Waals surface area contributed by atoms with Crippen molar-refractivity contribution in [1.82, 2.24) is 9.55 Å². The summed E-state index contributed by atoms with van der Waals surface area (Å²) in [6, 6.07) is 16.9. The molecule has 0 radical (unpaired) electrons. The molecule has 2 aromatic carbocycles. The first-order valence-electron chi connectivity index (χ1n) is 10.2. The number of nitrogens with one attached hydrogen (secondary N) is 1. The van der Waals surface area contributed by atoms with Crippen LogP contribution in [0.3, 0.4) is 0 Å². The lowest BCUT2D eigenvalue weighted by atomic mass is 10.2. The Balaban J connectivity index is 1.77. The van der Waals surface area contributed by atoms with Crippen molar-refractivity contribution in [2.24, 2.45) is 0 Å². The number of aromatic amines is 1. The molecule has 3 rings (SSSR count). The second-order valence-corrected chi connectivity index (χ2v) is 8.15. The van der Waals surface area contributed by atoms with Gasteiger partial charge in [-0.3, -0.25) is 19.1 Å². The first kappa shape index (κ1) is 23.2. The van der Waals surface area contributed by atoms with Gasteiger partial charge < -0.3 is 15.4 Å². The van der Waals surface area contributed by atoms with E-state index in [0.717, 1.165) is 16.2 Å². The summed E-state index contributed by atoms with van der Waals surface area (Å²) >= 11 is 1.53. The van der Waals surface area contributed by atoms with Gasteiger partial charge in [-0.1, -0.05) is 30.3 Å². The van der Waals surface area contributed by atoms with Gasteiger partial charge in [-0.05, 0) is 36.8 Å². The van der Waals surface area contributed by atoms with Crippen LogP contribution in [-0.4, -0.2) is 34.9 Å². The van der Waals surface area contributed by atoms with Gasteiger partial charge in [0.15, 0.2) is 5.69 Å². The number of methoxy groups -OCH3 is 1. The van der Waals surface area contributed by atoms with E-state index in [9.17, 15) is 14.4 Å². The van der Waals surface area contributed by atoms with Crippen LogP contribution >= 0.6 is 11.8 Å². The van der Waals surface area contributed by atoms with Crippen molar-refractivity contribution < 1.29 is 9.53 Å². The maximum atomic E-state index is 12.9. The summed E-state index contributed by atoms with van der Waals surface area (Å²) in [5, 5.41) is 0. The van der Waals surface area contributed by atoms with Crippen molar-refractivity contribution in [3.8, 4) is 5.75 Å². The van der Waals surface area contributed by atoms with Crippen molar-refractivity contribution in [1.29, 1.82) is 0 Å². The van der Waals surface area contributed by atoms with Gasteiger partial charge in [-0.2, -0.15) is 0 Å². The third-order valence-corrected chi connectivity index (χ3v) is 5.94. The number of carbonyl (C=O) groups is 1. The normalized spacial score (nSPS) is 10.7. The zero-order valence-corrected chi connectivity index (χ0v) is 18.9. The largest absolute Gasteiger partial charge is 0.497 e. The van der Waals surface area contributed by atoms with Gasteiger partial charge in [-0.15, -0.1) is 11.8 Å². The first-order chi connectivity index (χ1) is 15.4. The van der Waals surface area contributed by atoms with Crippen molar-refractivity contribution >= 4 is 29.2 Å². The lowest BCUT2D eigenvalue weighted by Gasteiger charge is -2.23. The molecule has 0 fully saturated rings. The summed E-state index contributed by atoms with van der Waals surface area (Å²) in [6.07, 6.45) is 0.210. The molecular formula is C23H26N4O4S. The van der Waals surface area contributed by atoms with Gasteiger partial charge in [0.05, 0.1) is 13.7 Å². The van der Waals surface area contributed by atoms with E-state index in [1.807, 2.05) is 54.6 Å². The van der Waals surface area contributed by atoms with Gasteiger partial charge in [0.1, 0.15) is 11.6 Å². The number of nitrogens with two attached hydrogens (primary N) is 1. The standard InChI is InChI=1S/C23H26N4O4S/c1-3-26(19(28)13-14-32-18-11-9-17(31-2)10-12-18)20-21(24)27(23(30)25-22(20)29)15-16-7-5-4-6-8-16/h4-12H,3,13-15,24H2,1-2H3,(H,25,29,30). The lowest BCUT2D eigenvalue weighted by Crippen LogP contribution is -2.41. The van der Waals surface area contributed by atoms with Crippen LogP contribution in [-0.2, 0) is 11.3 Å². The average Bonchev–Trinajstić information content (AvgIpc) is 2.80. The quantitative estimate of drug-likeness (QED) is 0.481. The summed E-state index contributed by atoms with van der Waals surface area (Å²) in [6.45, 7) is 2.21. The molecule has 9 heteroatoms. The SMILES string of the molecule is CCN(C(=O)CCSc1ccc(OC)cc1)c1c(N)n(Cc2ccccc2)c(=O)[nH]c1=O. The highest BCUT2D eigenvalue weighted by Gasteiger charge is 2.22. The molecule has 1 aromatic heterocycles. The molecule has 0 unspecified atom stereocenters. The van der Waals surface area contributed by atoms with Crippen LogP contribution in [0.25, 0.3) is 0 Å². The third kappa shape index (κ3) is 5.42. The first-order valence-corrected chi connectivity index (χ1v) is 11.2. The van der Waals surface area contributed by atoms with Crippen LogP contribution in [0.5, 0.6) is 5.75 Å². The molecule has 1 amide bonds. The van der Waals surface area contributed by atoms with Crippen molar-refractivity contribution in [3.63, 3.8) is 0 Å². The number of hydrogen-bond donors (Lipinski definition) is 2. The molecule has 168 valence electrons. The number of benzene rings is 2. The number of anilines is 2. The van der Waals surface area contributed by atoms with Crippen molar-refractivity contribution in [2.45, 2.75) is 24.8 Å². The van der Waals surface area contributed by atoms with Crippen LogP contribution in [0.1, 0.15) is 18.9 Å². The van der Waals surface area contributed by atoms with E-state index < -0.39 is 11.2 Å². The number of aromatic nitrogens is 2. The van der Waals surface area contributed by atoms with E-state index in [0.29, 0.717) is 5.75 Å². The fraction of sp³-hybridized carbons (Fsp3) is 0.261. The van der Waals surface area contributed by atoms with Gasteiger partial charge in [-0.25, -0.2) is 4.79 Å². The number of rotatable bonds is 9. The van der Waals surface area contributed by atoms with E-state index in [2.05, 4.69) is 4.98 Å². The number of ether oxygens (including phenoxy) is 1. The van der Waals surface area contributed by atoms with Crippen molar-refractivity contribution in [2.75, 3.05) is 30.0 Å². The zero-order valence-electron chi connectivity index (χ0n) is 18.0. The number of H-pyrrole nitrogens is 1. The predicted molar refractivity (Wildman–Crippen MR) is 128 cm³/mol. The fourth-order valence-corrected chi connectivity index (χ4v) is 4.12. The molecule has 0 spiro atoms. The summed E-state index contributed by atoms with van der Waals surface area (Å²) in [5.74, 6) is 1.03. The van der Waals surface area contributed by atoms with Gasteiger partial charge in [0, 0.05) is 23.6 Å². The number of hydrogen-bond acceptors (Lipinski definition) is 6. The van der Waals surface area contributed by atoms with E-state index in [1.165, 1.54) is 21.2 Å². The Hall–Kier alpha value is -3.46. The number of nitrogens with zero attached hydrogens (tertiary/aromatic N) is 2. The molecule has 3 N–H and O–H groups in total. The zero-order chi connectivity index (χ0) is 23.1. The van der Waals surface area contributed by atoms with Crippen LogP contribution in [0.15, 0.2) is 69.1 Å². The van der Waals surface area contributed by atoms with Crippen molar-refractivity contribution in [3.05, 3.63) is 81.0 Å². The Morgan fingerprint density at radius 3 is 2.44 bits per heavy atom. The molecule has 8 nitrogen and oxygen atoms in total. The van der Waals surface area contributed by atoms with E-state index in [1.54, 1.807) is 14.0 Å². The monoisotopic (exact) mass is 454 g/mol. The Kier molecular flexibility index (Phi) is 7.77. The second-order valence-electron chi connectivity index (χ2n) is 6.98. The van der Waals surface area contributed by atoms with Crippen LogP contribution in [0.4, 0.5) is 11.5 Å². The number of amides is 1. The summed E-state index contributed by atoms with van der Waals surface area (Å²) in [7, 11) is 1.61. The Bertz CT molecular complexity index is 1170. The third-order valence-electron chi connectivity index (χ3n) is 4.93. The maximum absolute atomic E-state index is 12.9. The average molecular weight is 455 g/mol. The minimum Gasteiger partial charge on any atom is -0.497 e. The Labute approximate surface area is 190 Å². The molecule has 1 heterocycles. The molecule has 0 bridgehead atoms. The minimum absolute atomic E-state index is 0.00229. The lowest BCUT2D eigenvalue weighted by molar-refractivity contribution is -0.118. The highest BCUT2D eigenvalue weighted by Crippen LogP contribution is 2.23. The van der Waals surface area contributed by atoms with Crippen LogP contribution in [0, 0.1) is 0 Å². The molecule has 0 saturated heterocycles. The van der Waals surface area contributed by atoms with Gasteiger partial charge in [0.25, 0.3) is 5.56 Å². The minimum atomic E-state index is -0.671. The van der Waals surface area contributed by atoms with E-state index >= 15 is 0 Å². The van der Waals surface area contributed by atoms with Crippen LogP contribution in [0.2, 0.25) is 0 Å². The second kappa shape index (κ2) is 10.7. The molecule has 32 heavy (non-hydrogen) atoms. The highest BCUT2D eigenvalue weighted by atomic mass is 32.2. The predicted octanol–water partition coefficient (Wildman–Crippen LogP) is 2.71. The van der Waals surface area contributed by atoms with E-state index in [-0.39, 0.29) is 36.9 Å². The molecular weight excluding hydrogens is 428 g/mol. The van der Waals surface area contributed by atoms with Gasteiger partial charge in [0.2, 0.25) is 5.91 Å². The molecule has 0 aliphatic carbocycles. The Morgan fingerprint density at radius 2 is 1.81 bits per heavy atom. The number of thioether (sulfide) groups is 1. The maximum Gasteiger partial charge on any atom is 0.330 e. The summed E-state index contributed by atoms with van der Waals surface area (Å²) in [4.78, 5) is 42.5. The van der Waals surface area contributed by atoms with E-state index in [4.69, 9.17) is 10.5 Å². The smallest absolute Gasteiger partial charge is 0.330 e. The number of carbonyl (C=O) groups excluding carboxylic acids is 1. The molecule has 0 saturated carbocycles. The number of nitrogen functional groups attached to an aromatic ring is 1. The fourth-order valence-electron chi connectivity index (χ4n) is 3.28. The Morgan fingerprint density at radius 1 is 1.12 bits per heavy atom. The highest BCUT2D eigenvalue weighted by molar-refractivity contribution is 7.99. The molecule has 0 aliphatic heterocycles. The topological polar surface area (TPSA) is 110 Å². The van der Waals surface area contributed by atoms with Crippen LogP contribution < -0.4 is 26.6 Å².